The van der Waals surface area contributed by atoms with Crippen LogP contribution in [0.25, 0.3) is 0 Å². The summed E-state index contributed by atoms with van der Waals surface area (Å²) >= 11 is 0. The first-order valence-electron chi connectivity index (χ1n) is 7.76. The number of amides is 1. The van der Waals surface area contributed by atoms with Crippen LogP contribution in [0.15, 0.2) is 47.3 Å². The van der Waals surface area contributed by atoms with Gasteiger partial charge in [0.2, 0.25) is 0 Å². The quantitative estimate of drug-likeness (QED) is 0.840. The molecule has 0 spiro atoms. The zero-order valence-corrected chi connectivity index (χ0v) is 12.8. The predicted octanol–water partition coefficient (Wildman–Crippen LogP) is 1.46. The summed E-state index contributed by atoms with van der Waals surface area (Å²) in [5, 5.41) is 6.96. The molecule has 0 saturated heterocycles. The van der Waals surface area contributed by atoms with Crippen LogP contribution in [-0.2, 0) is 6.54 Å². The van der Waals surface area contributed by atoms with Crippen molar-refractivity contribution in [1.29, 1.82) is 0 Å². The summed E-state index contributed by atoms with van der Waals surface area (Å²) in [6, 6.07) is 12.2. The molecule has 120 valence electrons. The molecule has 23 heavy (non-hydrogen) atoms. The topological polar surface area (TPSA) is 73.2 Å². The number of ether oxygens (including phenoxy) is 1. The molecule has 0 atom stereocenters. The Kier molecular flexibility index (Phi) is 4.71. The van der Waals surface area contributed by atoms with Gasteiger partial charge in [0.05, 0.1) is 6.54 Å². The third-order valence-corrected chi connectivity index (χ3v) is 3.66. The van der Waals surface area contributed by atoms with Crippen molar-refractivity contribution in [3.63, 3.8) is 0 Å². The second kappa shape index (κ2) is 7.09. The molecule has 1 aromatic carbocycles. The van der Waals surface area contributed by atoms with Gasteiger partial charge >= 0.3 is 0 Å². The normalized spacial score (nSPS) is 13.6. The molecule has 1 aromatic heterocycles. The van der Waals surface area contributed by atoms with E-state index in [2.05, 4.69) is 10.4 Å². The molecule has 1 aliphatic carbocycles. The van der Waals surface area contributed by atoms with E-state index in [0.29, 0.717) is 19.1 Å². The molecule has 6 nitrogen and oxygen atoms in total. The molecule has 1 heterocycles. The van der Waals surface area contributed by atoms with Crippen LogP contribution in [0.5, 0.6) is 5.75 Å². The van der Waals surface area contributed by atoms with Gasteiger partial charge in [-0.05, 0) is 37.0 Å². The highest BCUT2D eigenvalue weighted by Gasteiger charge is 2.22. The van der Waals surface area contributed by atoms with Crippen molar-refractivity contribution in [3.05, 3.63) is 58.5 Å². The van der Waals surface area contributed by atoms with E-state index >= 15 is 0 Å². The Balaban J connectivity index is 1.58. The van der Waals surface area contributed by atoms with Crippen LogP contribution in [0, 0.1) is 5.92 Å². The van der Waals surface area contributed by atoms with E-state index in [1.165, 1.54) is 29.7 Å². The number of hydrogen-bond acceptors (Lipinski definition) is 4. The van der Waals surface area contributed by atoms with Crippen molar-refractivity contribution in [2.45, 2.75) is 19.4 Å². The molecule has 1 N–H and O–H groups in total. The Morgan fingerprint density at radius 3 is 2.74 bits per heavy atom. The fourth-order valence-electron chi connectivity index (χ4n) is 2.15. The lowest BCUT2D eigenvalue weighted by Crippen LogP contribution is -2.31. The molecule has 1 fully saturated rings. The Morgan fingerprint density at radius 2 is 2.00 bits per heavy atom. The molecule has 2 aromatic rings. The van der Waals surface area contributed by atoms with E-state index in [1.54, 1.807) is 0 Å². The number of nitrogens with zero attached hydrogens (tertiary/aromatic N) is 2. The molecule has 1 amide bonds. The number of hydrogen-bond donors (Lipinski definition) is 1. The molecule has 0 aliphatic heterocycles. The smallest absolute Gasteiger partial charge is 0.271 e. The van der Waals surface area contributed by atoms with Crippen molar-refractivity contribution in [1.82, 2.24) is 15.1 Å². The summed E-state index contributed by atoms with van der Waals surface area (Å²) in [7, 11) is 0. The Hall–Kier alpha value is -2.63. The number of para-hydroxylation sites is 1. The van der Waals surface area contributed by atoms with Crippen molar-refractivity contribution < 1.29 is 9.53 Å². The van der Waals surface area contributed by atoms with E-state index in [4.69, 9.17) is 4.74 Å². The van der Waals surface area contributed by atoms with Gasteiger partial charge in [0, 0.05) is 12.6 Å². The first kappa shape index (κ1) is 15.3. The minimum Gasteiger partial charge on any atom is -0.492 e. The summed E-state index contributed by atoms with van der Waals surface area (Å²) in [5.41, 5.74) is 0.00497. The van der Waals surface area contributed by atoms with Gasteiger partial charge in [0.1, 0.15) is 18.1 Å². The fourth-order valence-corrected chi connectivity index (χ4v) is 2.15. The van der Waals surface area contributed by atoms with E-state index in [1.807, 2.05) is 30.3 Å². The summed E-state index contributed by atoms with van der Waals surface area (Å²) < 4.78 is 6.81. The van der Waals surface area contributed by atoms with Crippen LogP contribution in [0.3, 0.4) is 0 Å². The van der Waals surface area contributed by atoms with Gasteiger partial charge in [-0.2, -0.15) is 5.10 Å². The maximum Gasteiger partial charge on any atom is 0.271 e. The van der Waals surface area contributed by atoms with Crippen molar-refractivity contribution in [3.8, 4) is 5.75 Å². The van der Waals surface area contributed by atoms with Gasteiger partial charge in [-0.1, -0.05) is 18.2 Å². The molecule has 6 heteroatoms. The highest BCUT2D eigenvalue weighted by molar-refractivity contribution is 5.91. The van der Waals surface area contributed by atoms with Gasteiger partial charge in [-0.25, -0.2) is 4.68 Å². The lowest BCUT2D eigenvalue weighted by molar-refractivity contribution is 0.0943. The Morgan fingerprint density at radius 1 is 1.22 bits per heavy atom. The second-order valence-corrected chi connectivity index (χ2v) is 5.59. The molecule has 0 unspecified atom stereocenters. The SMILES string of the molecule is O=C(NCC1CC1)c1ccc(=O)n(CCOc2ccccc2)n1. The molecular weight excluding hydrogens is 294 g/mol. The molecular formula is C17H19N3O3. The van der Waals surface area contributed by atoms with Crippen LogP contribution in [-0.4, -0.2) is 28.8 Å². The number of rotatable bonds is 7. The Bertz CT molecular complexity index is 723. The average molecular weight is 313 g/mol. The summed E-state index contributed by atoms with van der Waals surface area (Å²) in [4.78, 5) is 23.8. The lowest BCUT2D eigenvalue weighted by Gasteiger charge is -2.09. The van der Waals surface area contributed by atoms with Crippen LogP contribution >= 0.6 is 0 Å². The van der Waals surface area contributed by atoms with Gasteiger partial charge in [0.15, 0.2) is 0 Å². The maximum absolute atomic E-state index is 12.0. The third-order valence-electron chi connectivity index (χ3n) is 3.66. The second-order valence-electron chi connectivity index (χ2n) is 5.59. The Labute approximate surface area is 134 Å². The predicted molar refractivity (Wildman–Crippen MR) is 85.5 cm³/mol. The van der Waals surface area contributed by atoms with E-state index in [0.717, 1.165) is 5.75 Å². The van der Waals surface area contributed by atoms with Crippen molar-refractivity contribution >= 4 is 5.91 Å². The molecule has 1 saturated carbocycles. The monoisotopic (exact) mass is 313 g/mol. The standard InChI is InChI=1S/C17H19N3O3/c21-16-9-8-15(17(22)18-12-13-6-7-13)19-20(16)10-11-23-14-4-2-1-3-5-14/h1-5,8-9,13H,6-7,10-12H2,(H,18,22). The van der Waals surface area contributed by atoms with Gasteiger partial charge in [-0.3, -0.25) is 9.59 Å². The summed E-state index contributed by atoms with van der Waals surface area (Å²) in [6.45, 7) is 1.28. The fraction of sp³-hybridized carbons (Fsp3) is 0.353. The van der Waals surface area contributed by atoms with Gasteiger partial charge < -0.3 is 10.1 Å². The molecule has 0 radical (unpaired) electrons. The van der Waals surface area contributed by atoms with E-state index < -0.39 is 0 Å². The largest absolute Gasteiger partial charge is 0.492 e. The van der Waals surface area contributed by atoms with Gasteiger partial charge in [-0.15, -0.1) is 0 Å². The number of benzene rings is 1. The van der Waals surface area contributed by atoms with E-state index in [9.17, 15) is 9.59 Å². The minimum atomic E-state index is -0.250. The molecule has 0 bridgehead atoms. The minimum absolute atomic E-state index is 0.241. The van der Waals surface area contributed by atoms with Crippen LogP contribution in [0.2, 0.25) is 0 Å². The molecule has 1 aliphatic rings. The molecule has 3 rings (SSSR count). The van der Waals surface area contributed by atoms with E-state index in [-0.39, 0.29) is 23.7 Å². The van der Waals surface area contributed by atoms with Crippen LogP contribution in [0.1, 0.15) is 23.3 Å². The van der Waals surface area contributed by atoms with Crippen molar-refractivity contribution in [2.75, 3.05) is 13.2 Å². The number of carbonyl (C=O) groups excluding carboxylic acids is 1. The van der Waals surface area contributed by atoms with Gasteiger partial charge in [0.25, 0.3) is 11.5 Å². The van der Waals surface area contributed by atoms with Crippen LogP contribution in [0.4, 0.5) is 0 Å². The third kappa shape index (κ3) is 4.42. The van der Waals surface area contributed by atoms with Crippen molar-refractivity contribution in [2.24, 2.45) is 5.92 Å². The zero-order chi connectivity index (χ0) is 16.1. The number of carbonyl (C=O) groups is 1. The summed E-state index contributed by atoms with van der Waals surface area (Å²) in [5.74, 6) is 1.10. The average Bonchev–Trinajstić information content (AvgIpc) is 3.40. The number of aromatic nitrogens is 2. The summed E-state index contributed by atoms with van der Waals surface area (Å²) in [6.07, 6.45) is 2.34. The van der Waals surface area contributed by atoms with Crippen LogP contribution < -0.4 is 15.6 Å². The maximum atomic E-state index is 12.0. The highest BCUT2D eigenvalue weighted by Crippen LogP contribution is 2.27. The number of nitrogens with one attached hydrogen (secondary N) is 1. The first-order valence-corrected chi connectivity index (χ1v) is 7.76. The lowest BCUT2D eigenvalue weighted by atomic mass is 10.3. The first-order chi connectivity index (χ1) is 11.2. The highest BCUT2D eigenvalue weighted by atomic mass is 16.5. The zero-order valence-electron chi connectivity index (χ0n) is 12.8.